The van der Waals surface area contributed by atoms with Gasteiger partial charge in [-0.3, -0.25) is 51.9 Å². The first-order valence-electron chi connectivity index (χ1n) is 44.8. The van der Waals surface area contributed by atoms with Crippen LogP contribution in [0.1, 0.15) is 66.3 Å². The number of carbonyl (C=O) groups is 6. The first kappa shape index (κ1) is 127. The van der Waals surface area contributed by atoms with Crippen molar-refractivity contribution in [2.75, 3.05) is 156 Å². The van der Waals surface area contributed by atoms with Gasteiger partial charge in [0, 0.05) is 101 Å². The molecule has 15 N–H and O–H groups in total. The number of amides is 4. The fraction of sp³-hybridized carbons (Fsp3) is 0.759. The molecule has 0 saturated carbocycles. The number of methoxy groups -OCH3 is 9. The summed E-state index contributed by atoms with van der Waals surface area (Å²) >= 11 is 0. The summed E-state index contributed by atoms with van der Waals surface area (Å²) in [4.78, 5) is 83.8. The van der Waals surface area contributed by atoms with Gasteiger partial charge in [-0.25, -0.2) is 43.1 Å². The number of benzene rings is 2. The molecule has 0 radical (unpaired) electrons. The average molecular weight is 2290 g/mol. The van der Waals surface area contributed by atoms with Crippen LogP contribution in [0.2, 0.25) is 0 Å². The summed E-state index contributed by atoms with van der Waals surface area (Å²) in [5.41, 5.74) is 7.78. The Morgan fingerprint density at radius 1 is 0.443 bits per heavy atom. The summed E-state index contributed by atoms with van der Waals surface area (Å²) in [6.07, 6.45) is -54.8. The lowest BCUT2D eigenvalue weighted by atomic mass is 9.94. The van der Waals surface area contributed by atoms with Crippen LogP contribution >= 0.6 is 0 Å². The second-order valence-electron chi connectivity index (χ2n) is 33.4. The Morgan fingerprint density at radius 3 is 1.28 bits per heavy atom. The minimum absolute atomic E-state index is 0.0254. The van der Waals surface area contributed by atoms with Crippen LogP contribution in [0.5, 0.6) is 5.75 Å². The maximum absolute atomic E-state index is 14.5. The molecule has 70 heteroatoms. The number of nitrogen functional groups attached to an aromatic ring is 1. The van der Waals surface area contributed by atoms with E-state index >= 15 is 0 Å². The third kappa shape index (κ3) is 37.8. The van der Waals surface area contributed by atoms with Crippen LogP contribution in [0, 0.1) is 26.2 Å². The third-order valence-corrected chi connectivity index (χ3v) is 28.1. The van der Waals surface area contributed by atoms with Crippen molar-refractivity contribution in [3.63, 3.8) is 0 Å². The zero-order valence-corrected chi connectivity index (χ0v) is 87.6. The zero-order chi connectivity index (χ0) is 111. The molecule has 2 aromatic carbocycles. The predicted molar refractivity (Wildman–Crippen MR) is 489 cm³/mol. The molecule has 0 bridgehead atoms. The average Bonchev–Trinajstić information content (AvgIpc) is 0.748. The van der Waals surface area contributed by atoms with Crippen molar-refractivity contribution in [3.8, 4) is 5.75 Å². The largest absolute Gasteiger partial charge is 0.496 e. The topological polar surface area (TPSA) is 863 Å². The van der Waals surface area contributed by atoms with Gasteiger partial charge in [-0.2, -0.15) is 55.2 Å². The van der Waals surface area contributed by atoms with Crippen LogP contribution < -0.4 is 31.1 Å². The van der Waals surface area contributed by atoms with E-state index in [9.17, 15) is 125 Å². The van der Waals surface area contributed by atoms with Gasteiger partial charge in [-0.05, 0) is 74.8 Å². The molecule has 0 spiro atoms. The van der Waals surface area contributed by atoms with Crippen molar-refractivity contribution in [1.82, 2.24) is 25.6 Å². The summed E-state index contributed by atoms with van der Waals surface area (Å²) < 4.78 is 395. The lowest BCUT2D eigenvalue weighted by Crippen LogP contribution is -2.70. The molecule has 854 valence electrons. The number of nitrogens with two attached hydrogens (primary N) is 1. The van der Waals surface area contributed by atoms with E-state index in [0.29, 0.717) is 41.1 Å². The molecule has 0 aliphatic carbocycles. The van der Waals surface area contributed by atoms with E-state index in [4.69, 9.17) is 128 Å². The fourth-order valence-electron chi connectivity index (χ4n) is 17.0. The molecule has 0 unspecified atom stereocenters. The molecule has 4 amide bonds. The number of aliphatic carboxylic acids is 2. The fourth-order valence-corrected chi connectivity index (χ4v) is 21.1. The molecule has 6 saturated heterocycles. The van der Waals surface area contributed by atoms with Crippen molar-refractivity contribution in [3.05, 3.63) is 58.1 Å². The molecule has 63 nitrogen and oxygen atoms in total. The summed E-state index contributed by atoms with van der Waals surface area (Å²) in [5.74, 6) is -6.57. The van der Waals surface area contributed by atoms with Gasteiger partial charge in [0.05, 0.1) is 84.5 Å². The summed E-state index contributed by atoms with van der Waals surface area (Å²) in [7, 11) is -30.3. The number of amidine groups is 1. The number of hydrogen-bond donors (Lipinski definition) is 14. The third-order valence-electron chi connectivity index (χ3n) is 23.6. The summed E-state index contributed by atoms with van der Waals surface area (Å²) in [6.45, 7) is 0.791. The number of rotatable bonds is 62. The number of hydrogen-bond acceptors (Lipinski definition) is 49. The molecule has 6 heterocycles. The van der Waals surface area contributed by atoms with Crippen molar-refractivity contribution in [2.45, 2.75) is 236 Å². The Hall–Kier alpha value is -7.18. The molecule has 0 aromatic heterocycles. The van der Waals surface area contributed by atoms with Crippen molar-refractivity contribution in [1.29, 1.82) is 5.41 Å². The van der Waals surface area contributed by atoms with Crippen molar-refractivity contribution >= 4 is 114 Å². The van der Waals surface area contributed by atoms with E-state index in [0.717, 1.165) is 76.1 Å². The highest BCUT2D eigenvalue weighted by molar-refractivity contribution is 7.89. The maximum Gasteiger partial charge on any atom is 0.397 e. The SMILES string of the molecule is COc1cc(C)c(S(=O)(=O)N[C@@H](CC(=O)NCCCC(=O)NCCOCCOCCOCCO[C@H]2[C@H](OC)[C@@H](OC)[C@@H](O[C@H]3[C@H](OC)[C@@H](OC)[C@H](O[C@H]4[C@H](OS(=O)(=O)O)[C@@H](OS(=O)(=O)O)[C@@H](O[C@H]5[C@H](OC)[C@@H](OC)[C@H](O[C@H]6[C@H](OC)[C@@H](OS(=O)(=O)O)[C@@H](OC)O[C@@H]6COS(=O)(=O)O)O[C@@H]5C(=O)O)O[C@@H]4COS(=O)(=O)O)O[C@@H]3C(=O)O)O[C@@H]2COS(=O)(=O)O)C(=O)N[C@H](Cc2ccc(C(=N)N)cc2)C(=O)N2CCCCC2)c(C)c1C. The Morgan fingerprint density at radius 2 is 0.839 bits per heavy atom. The van der Waals surface area contributed by atoms with Crippen LogP contribution in [0.15, 0.2) is 35.2 Å². The highest BCUT2D eigenvalue weighted by Gasteiger charge is 2.63. The van der Waals surface area contributed by atoms with E-state index in [1.807, 2.05) is 0 Å². The molecular formula is C79H125N7O56S7. The molecular weight excluding hydrogens is 2170 g/mol. The van der Waals surface area contributed by atoms with Crippen molar-refractivity contribution in [2.24, 2.45) is 5.73 Å². The highest BCUT2D eigenvalue weighted by atomic mass is 32.3. The number of sulfonamides is 1. The number of likely N-dealkylation sites (tertiary alicyclic amines) is 1. The normalized spacial score (nSPS) is 29.0. The van der Waals surface area contributed by atoms with E-state index in [2.05, 4.69) is 33.2 Å². The van der Waals surface area contributed by atoms with E-state index < -0.39 is 300 Å². The van der Waals surface area contributed by atoms with E-state index in [1.165, 1.54) is 13.2 Å². The van der Waals surface area contributed by atoms with Gasteiger partial charge in [0.25, 0.3) is 0 Å². The molecule has 8 rings (SSSR count). The molecule has 27 atom stereocenters. The van der Waals surface area contributed by atoms with Gasteiger partial charge in [-0.15, -0.1) is 0 Å². The van der Waals surface area contributed by atoms with Crippen LogP contribution in [-0.2, 0) is 232 Å². The number of carbonyl (C=O) groups excluding carboxylic acids is 4. The summed E-state index contributed by atoms with van der Waals surface area (Å²) in [5, 5.41) is 37.7. The standard InChI is InChI=1S/C79H125N7O56S7/c1-39-33-46(115-4)40(2)41(3)69(39)143(95,96)85-44(71(89)84-45(72(90)86-24-14-13-15-25-86)34-42-18-20-43(21-19-42)70(80)81)35-51(88)82-22-16-17-50(87)83-23-26-124-27-28-125-29-30-126-31-32-127-52-47(36-128-144(97,98)99)132-76(64(120-9)55(52)116-5)136-59-57(118-7)66(122-11)78(139-62(59)73(91)92)135-54-49(38-130-146(103,104)105)133-79(68(142-149(112,113)114)61(54)140-147(106,107)108)137-60-58(119-8)65(121-10)77(138-63(60)74(93)94)134-53-48(37-129-145(100,101)102)131-75(123-12)67(56(53)117-6)141-148(109,110)111/h18-21,33,44-45,47-49,52-68,75-79,85H,13-17,22-32,34-38H2,1-12H3,(H3,80,81)(H,82,88)(H,83,87)(H,84,89)(H,91,92)(H,93,94)(H,97,98,99)(H,100,101,102)(H,103,104,105)(H,106,107,108)(H,109,110,111)(H,112,113,114)/t44-,45+,47+,48+,49+,52+,53+,54+,55-,56-,57-,58-,59-,60-,61-,62-,63-,64+,65+,66+,67+,68+,75-,76+,77+,78+,79+/m0/s1. The lowest BCUT2D eigenvalue weighted by molar-refractivity contribution is -0.389. The van der Waals surface area contributed by atoms with Gasteiger partial charge in [0.2, 0.25) is 33.7 Å². The minimum atomic E-state index is -6.22. The number of ether oxygens (including phenoxy) is 22. The van der Waals surface area contributed by atoms with E-state index in [-0.39, 0.29) is 94.9 Å². The lowest BCUT2D eigenvalue weighted by Gasteiger charge is -2.51. The van der Waals surface area contributed by atoms with E-state index in [1.54, 1.807) is 49.9 Å². The van der Waals surface area contributed by atoms with Gasteiger partial charge in [0.1, 0.15) is 121 Å². The second kappa shape index (κ2) is 57.5. The van der Waals surface area contributed by atoms with Crippen LogP contribution in [-0.4, -0.2) is 465 Å². The van der Waals surface area contributed by atoms with Gasteiger partial charge < -0.3 is 141 Å². The number of nitrogens with one attached hydrogen (secondary N) is 5. The Kier molecular flexibility index (Phi) is 49.0. The minimum Gasteiger partial charge on any atom is -0.496 e. The monoisotopic (exact) mass is 2290 g/mol. The Bertz CT molecular complexity index is 5590. The predicted octanol–water partition coefficient (Wildman–Crippen LogP) is -5.76. The number of carboxylic acids is 2. The Labute approximate surface area is 856 Å². The van der Waals surface area contributed by atoms with Gasteiger partial charge in [-0.1, -0.05) is 24.3 Å². The smallest absolute Gasteiger partial charge is 0.397 e. The number of aryl methyl sites for hydroxylation is 1. The highest BCUT2D eigenvalue weighted by Crippen LogP contribution is 2.43. The molecule has 2 aromatic rings. The zero-order valence-electron chi connectivity index (χ0n) is 81.9. The number of nitrogens with zero attached hydrogens (tertiary/aromatic N) is 1. The molecule has 6 aliphatic rings. The molecule has 149 heavy (non-hydrogen) atoms. The van der Waals surface area contributed by atoms with Crippen LogP contribution in [0.4, 0.5) is 0 Å². The molecule has 6 aliphatic heterocycles. The van der Waals surface area contributed by atoms with Crippen LogP contribution in [0.3, 0.4) is 0 Å². The number of carboxylic acid groups (broad SMARTS) is 2. The quantitative estimate of drug-likeness (QED) is 0.0127. The summed E-state index contributed by atoms with van der Waals surface area (Å²) in [6, 6.07) is 5.02. The van der Waals surface area contributed by atoms with Crippen molar-refractivity contribution < 1.29 is 255 Å². The van der Waals surface area contributed by atoms with Gasteiger partial charge >= 0.3 is 74.3 Å². The van der Waals surface area contributed by atoms with Gasteiger partial charge in [0.15, 0.2) is 55.9 Å². The second-order valence-corrected chi connectivity index (χ2v) is 41.5. The first-order valence-corrected chi connectivity index (χ1v) is 54.5. The number of piperidine rings is 1. The Balaban J connectivity index is 0.876. The maximum atomic E-state index is 14.5. The first-order chi connectivity index (χ1) is 69.9. The van der Waals surface area contributed by atoms with Crippen LogP contribution in [0.25, 0.3) is 0 Å². The molecule has 6 fully saturated rings.